The monoisotopic (exact) mass is 259 g/mol. The van der Waals surface area contributed by atoms with Crippen LogP contribution in [0.4, 0.5) is 0 Å². The summed E-state index contributed by atoms with van der Waals surface area (Å²) in [6, 6.07) is 4.43. The van der Waals surface area contributed by atoms with Crippen molar-refractivity contribution in [3.05, 3.63) is 29.6 Å². The van der Waals surface area contributed by atoms with E-state index < -0.39 is 0 Å². The third kappa shape index (κ3) is 3.57. The minimum absolute atomic E-state index is 0.722. The normalized spacial score (nSPS) is 11.6. The summed E-state index contributed by atoms with van der Waals surface area (Å²) in [7, 11) is 0. The molecule has 0 aliphatic carbocycles. The lowest BCUT2D eigenvalue weighted by atomic mass is 10.1. The first-order chi connectivity index (χ1) is 9.08. The number of aryl methyl sites for hydroxylation is 3. The van der Waals surface area contributed by atoms with Gasteiger partial charge in [-0.25, -0.2) is 4.98 Å². The molecule has 0 aliphatic heterocycles. The molecule has 0 radical (unpaired) electrons. The Bertz CT molecular complexity index is 540. The van der Waals surface area contributed by atoms with Gasteiger partial charge in [0, 0.05) is 6.54 Å². The quantitative estimate of drug-likeness (QED) is 0.807. The molecule has 3 heteroatoms. The predicted molar refractivity (Wildman–Crippen MR) is 81.5 cm³/mol. The van der Waals surface area contributed by atoms with Crippen molar-refractivity contribution in [2.24, 2.45) is 5.92 Å². The molecule has 0 fully saturated rings. The van der Waals surface area contributed by atoms with Crippen molar-refractivity contribution in [2.75, 3.05) is 13.1 Å². The summed E-state index contributed by atoms with van der Waals surface area (Å²) in [5.41, 5.74) is 5.02. The van der Waals surface area contributed by atoms with Crippen molar-refractivity contribution in [3.8, 4) is 0 Å². The average Bonchev–Trinajstić information content (AvgIpc) is 2.72. The third-order valence-corrected chi connectivity index (χ3v) is 3.54. The second kappa shape index (κ2) is 6.20. The van der Waals surface area contributed by atoms with Crippen molar-refractivity contribution in [2.45, 2.75) is 40.7 Å². The van der Waals surface area contributed by atoms with Crippen LogP contribution in [0.25, 0.3) is 11.0 Å². The smallest absolute Gasteiger partial charge is 0.0958 e. The predicted octanol–water partition coefficient (Wildman–Crippen LogP) is 3.29. The van der Waals surface area contributed by atoms with Crippen molar-refractivity contribution in [1.82, 2.24) is 14.9 Å². The molecular formula is C16H25N3. The van der Waals surface area contributed by atoms with Crippen molar-refractivity contribution >= 4 is 11.0 Å². The minimum Gasteiger partial charge on any atom is -0.331 e. The van der Waals surface area contributed by atoms with Crippen LogP contribution in [-0.2, 0) is 6.54 Å². The van der Waals surface area contributed by atoms with Gasteiger partial charge in [0.15, 0.2) is 0 Å². The molecule has 0 unspecified atom stereocenters. The van der Waals surface area contributed by atoms with Crippen LogP contribution in [0.15, 0.2) is 18.5 Å². The van der Waals surface area contributed by atoms with Gasteiger partial charge in [-0.3, -0.25) is 0 Å². The number of nitrogens with one attached hydrogen (secondary N) is 1. The molecule has 0 saturated carbocycles. The number of nitrogens with zero attached hydrogens (tertiary/aromatic N) is 2. The fourth-order valence-corrected chi connectivity index (χ4v) is 2.26. The van der Waals surface area contributed by atoms with E-state index in [1.54, 1.807) is 0 Å². The molecule has 0 bridgehead atoms. The fourth-order valence-electron chi connectivity index (χ4n) is 2.26. The van der Waals surface area contributed by atoms with Crippen LogP contribution in [0, 0.1) is 19.8 Å². The maximum atomic E-state index is 4.49. The van der Waals surface area contributed by atoms with E-state index >= 15 is 0 Å². The number of fused-ring (bicyclic) bond motifs is 1. The van der Waals surface area contributed by atoms with Crippen LogP contribution in [0.3, 0.4) is 0 Å². The first-order valence-electron chi connectivity index (χ1n) is 7.20. The van der Waals surface area contributed by atoms with Gasteiger partial charge in [0.05, 0.1) is 17.4 Å². The molecule has 1 heterocycles. The van der Waals surface area contributed by atoms with Crippen LogP contribution < -0.4 is 5.32 Å². The second-order valence-corrected chi connectivity index (χ2v) is 5.81. The van der Waals surface area contributed by atoms with E-state index in [4.69, 9.17) is 0 Å². The summed E-state index contributed by atoms with van der Waals surface area (Å²) in [6.07, 6.45) is 3.11. The number of rotatable bonds is 6. The second-order valence-electron chi connectivity index (χ2n) is 5.81. The summed E-state index contributed by atoms with van der Waals surface area (Å²) in [5, 5.41) is 3.48. The van der Waals surface area contributed by atoms with E-state index in [0.29, 0.717) is 0 Å². The lowest BCUT2D eigenvalue weighted by molar-refractivity contribution is 0.524. The summed E-state index contributed by atoms with van der Waals surface area (Å²) in [4.78, 5) is 4.49. The fraction of sp³-hybridized carbons (Fsp3) is 0.562. The zero-order chi connectivity index (χ0) is 13.8. The molecule has 1 aromatic carbocycles. The molecule has 104 valence electrons. The molecule has 19 heavy (non-hydrogen) atoms. The van der Waals surface area contributed by atoms with Gasteiger partial charge < -0.3 is 9.88 Å². The van der Waals surface area contributed by atoms with Crippen LogP contribution >= 0.6 is 0 Å². The summed E-state index contributed by atoms with van der Waals surface area (Å²) in [6.45, 7) is 12.0. The molecule has 0 atom stereocenters. The van der Waals surface area contributed by atoms with E-state index in [1.165, 1.54) is 16.6 Å². The van der Waals surface area contributed by atoms with Gasteiger partial charge in [-0.1, -0.05) is 13.8 Å². The zero-order valence-electron chi connectivity index (χ0n) is 12.5. The first kappa shape index (κ1) is 14.1. The van der Waals surface area contributed by atoms with Gasteiger partial charge in [-0.05, 0) is 62.5 Å². The average molecular weight is 259 g/mol. The van der Waals surface area contributed by atoms with Crippen LogP contribution in [-0.4, -0.2) is 22.6 Å². The molecular weight excluding hydrogens is 234 g/mol. The Morgan fingerprint density at radius 3 is 2.68 bits per heavy atom. The van der Waals surface area contributed by atoms with Gasteiger partial charge >= 0.3 is 0 Å². The van der Waals surface area contributed by atoms with Crippen molar-refractivity contribution < 1.29 is 0 Å². The molecule has 0 aliphatic rings. The van der Waals surface area contributed by atoms with E-state index in [2.05, 4.69) is 54.7 Å². The summed E-state index contributed by atoms with van der Waals surface area (Å²) in [5.74, 6) is 0.722. The number of aromatic nitrogens is 2. The number of hydrogen-bond acceptors (Lipinski definition) is 2. The van der Waals surface area contributed by atoms with Crippen molar-refractivity contribution in [1.29, 1.82) is 0 Å². The highest BCUT2D eigenvalue weighted by Gasteiger charge is 2.04. The number of imidazole rings is 1. The summed E-state index contributed by atoms with van der Waals surface area (Å²) >= 11 is 0. The molecule has 2 rings (SSSR count). The topological polar surface area (TPSA) is 29.9 Å². The van der Waals surface area contributed by atoms with E-state index in [-0.39, 0.29) is 0 Å². The highest BCUT2D eigenvalue weighted by molar-refractivity contribution is 5.77. The van der Waals surface area contributed by atoms with Crippen LogP contribution in [0.5, 0.6) is 0 Å². The van der Waals surface area contributed by atoms with Gasteiger partial charge in [-0.2, -0.15) is 0 Å². The molecule has 1 aromatic heterocycles. The maximum absolute atomic E-state index is 4.49. The van der Waals surface area contributed by atoms with Crippen molar-refractivity contribution in [3.63, 3.8) is 0 Å². The largest absolute Gasteiger partial charge is 0.331 e. The molecule has 0 amide bonds. The summed E-state index contributed by atoms with van der Waals surface area (Å²) < 4.78 is 2.26. The Kier molecular flexibility index (Phi) is 4.59. The number of hydrogen-bond donors (Lipinski definition) is 1. The Balaban J connectivity index is 1.96. The van der Waals surface area contributed by atoms with Gasteiger partial charge in [0.1, 0.15) is 0 Å². The Hall–Kier alpha value is -1.35. The van der Waals surface area contributed by atoms with E-state index in [0.717, 1.165) is 37.5 Å². The third-order valence-electron chi connectivity index (χ3n) is 3.54. The van der Waals surface area contributed by atoms with Crippen LogP contribution in [0.1, 0.15) is 31.4 Å². The standard InChI is InChI=1S/C16H25N3/c1-12(2)10-17-6-5-7-19-11-18-15-8-13(3)14(4)9-16(15)19/h8-9,11-12,17H,5-7,10H2,1-4H3. The Morgan fingerprint density at radius 1 is 1.21 bits per heavy atom. The maximum Gasteiger partial charge on any atom is 0.0958 e. The van der Waals surface area contributed by atoms with E-state index in [9.17, 15) is 0 Å². The molecule has 1 N–H and O–H groups in total. The van der Waals surface area contributed by atoms with Gasteiger partial charge in [-0.15, -0.1) is 0 Å². The van der Waals surface area contributed by atoms with Gasteiger partial charge in [0.25, 0.3) is 0 Å². The molecule has 0 saturated heterocycles. The number of benzene rings is 1. The molecule has 2 aromatic rings. The zero-order valence-corrected chi connectivity index (χ0v) is 12.5. The molecule has 3 nitrogen and oxygen atoms in total. The minimum atomic E-state index is 0.722. The highest BCUT2D eigenvalue weighted by Crippen LogP contribution is 2.18. The Labute approximate surface area is 116 Å². The lowest BCUT2D eigenvalue weighted by Crippen LogP contribution is -2.21. The highest BCUT2D eigenvalue weighted by atomic mass is 15.0. The van der Waals surface area contributed by atoms with Crippen LogP contribution in [0.2, 0.25) is 0 Å². The Morgan fingerprint density at radius 2 is 1.95 bits per heavy atom. The molecule has 0 spiro atoms. The van der Waals surface area contributed by atoms with E-state index in [1.807, 2.05) is 6.33 Å². The SMILES string of the molecule is Cc1cc2ncn(CCCNCC(C)C)c2cc1C. The van der Waals surface area contributed by atoms with Gasteiger partial charge in [0.2, 0.25) is 0 Å². The first-order valence-corrected chi connectivity index (χ1v) is 7.20. The lowest BCUT2D eigenvalue weighted by Gasteiger charge is -2.08.